The third-order valence-electron chi connectivity index (χ3n) is 3.01. The van der Waals surface area contributed by atoms with E-state index in [2.05, 4.69) is 6.30 Å². The van der Waals surface area contributed by atoms with E-state index >= 15 is 0 Å². The van der Waals surface area contributed by atoms with Crippen molar-refractivity contribution in [2.75, 3.05) is 12.3 Å². The SMILES string of the molecule is C=POC1CC(C[P+](O)(O)O)C(O)C(OPCC)C1. The molecule has 112 valence electrons. The highest BCUT2D eigenvalue weighted by Crippen LogP contribution is 2.49. The summed E-state index contributed by atoms with van der Waals surface area (Å²) < 4.78 is 11.0. The summed E-state index contributed by atoms with van der Waals surface area (Å²) in [7, 11) is -3.08. The van der Waals surface area contributed by atoms with Crippen LogP contribution in [-0.2, 0) is 9.05 Å². The van der Waals surface area contributed by atoms with E-state index < -0.39 is 26.1 Å². The Morgan fingerprint density at radius 3 is 2.58 bits per heavy atom. The fourth-order valence-corrected chi connectivity index (χ4v) is 4.27. The first kappa shape index (κ1) is 17.8. The van der Waals surface area contributed by atoms with Crippen LogP contribution in [-0.4, -0.2) is 56.7 Å². The average Bonchev–Trinajstić information content (AvgIpc) is 2.30. The fraction of sp³-hybridized carbons (Fsp3) is 0.900. The van der Waals surface area contributed by atoms with Crippen LogP contribution < -0.4 is 0 Å². The molecule has 0 aromatic rings. The Kier molecular flexibility index (Phi) is 7.78. The second-order valence-electron chi connectivity index (χ2n) is 4.61. The van der Waals surface area contributed by atoms with Crippen molar-refractivity contribution in [1.29, 1.82) is 0 Å². The molecule has 0 bridgehead atoms. The van der Waals surface area contributed by atoms with Gasteiger partial charge in [0.1, 0.15) is 6.16 Å². The van der Waals surface area contributed by atoms with Gasteiger partial charge in [-0.2, -0.15) is 14.7 Å². The van der Waals surface area contributed by atoms with Gasteiger partial charge in [0.2, 0.25) is 0 Å². The fourth-order valence-electron chi connectivity index (χ4n) is 2.27. The second kappa shape index (κ2) is 8.29. The van der Waals surface area contributed by atoms with Gasteiger partial charge in [-0.05, 0) is 18.9 Å². The molecule has 1 rings (SSSR count). The molecule has 1 aliphatic carbocycles. The summed E-state index contributed by atoms with van der Waals surface area (Å²) in [6.45, 7) is 1.99. The van der Waals surface area contributed by atoms with Crippen molar-refractivity contribution in [2.24, 2.45) is 5.92 Å². The Morgan fingerprint density at radius 1 is 1.37 bits per heavy atom. The molecule has 6 nitrogen and oxygen atoms in total. The van der Waals surface area contributed by atoms with Gasteiger partial charge in [0.25, 0.3) is 0 Å². The summed E-state index contributed by atoms with van der Waals surface area (Å²) in [6, 6.07) is 0. The van der Waals surface area contributed by atoms with Crippen LogP contribution >= 0.6 is 25.2 Å². The minimum atomic E-state index is -3.91. The molecule has 0 aliphatic heterocycles. The second-order valence-corrected chi connectivity index (χ2v) is 8.06. The summed E-state index contributed by atoms with van der Waals surface area (Å²) in [5.41, 5.74) is 0. The van der Waals surface area contributed by atoms with Crippen molar-refractivity contribution in [3.05, 3.63) is 0 Å². The molecule has 1 saturated carbocycles. The Hall–Kier alpha value is 0.790. The van der Waals surface area contributed by atoms with Gasteiger partial charge < -0.3 is 14.2 Å². The highest BCUT2D eigenvalue weighted by atomic mass is 31.2. The van der Waals surface area contributed by atoms with Gasteiger partial charge >= 0.3 is 7.94 Å². The number of aliphatic hydroxyl groups excluding tert-OH is 1. The zero-order valence-corrected chi connectivity index (χ0v) is 13.6. The third-order valence-corrected chi connectivity index (χ3v) is 5.17. The minimum absolute atomic E-state index is 0.147. The Morgan fingerprint density at radius 2 is 2.05 bits per heavy atom. The van der Waals surface area contributed by atoms with Crippen LogP contribution in [0.25, 0.3) is 0 Å². The number of hydrogen-bond acceptors (Lipinski definition) is 6. The molecule has 1 aliphatic rings. The largest absolute Gasteiger partial charge is 0.404 e. The van der Waals surface area contributed by atoms with Gasteiger partial charge in [-0.1, -0.05) is 6.92 Å². The molecule has 0 aromatic carbocycles. The van der Waals surface area contributed by atoms with E-state index in [0.29, 0.717) is 21.3 Å². The Bertz CT molecular complexity index is 285. The molecular weight excluding hydrogens is 309 g/mol. The molecule has 0 saturated heterocycles. The first-order valence-corrected chi connectivity index (χ1v) is 10.1. The molecule has 5 atom stereocenters. The van der Waals surface area contributed by atoms with E-state index in [4.69, 9.17) is 9.05 Å². The average molecular weight is 331 g/mol. The van der Waals surface area contributed by atoms with Crippen LogP contribution in [0, 0.1) is 5.92 Å². The van der Waals surface area contributed by atoms with E-state index in [1.54, 1.807) is 0 Å². The van der Waals surface area contributed by atoms with Crippen LogP contribution in [0.3, 0.4) is 0 Å². The highest BCUT2D eigenvalue weighted by Gasteiger charge is 2.45. The lowest BCUT2D eigenvalue weighted by molar-refractivity contribution is -0.0526. The van der Waals surface area contributed by atoms with Gasteiger partial charge in [0.15, 0.2) is 0 Å². The molecule has 0 amide bonds. The van der Waals surface area contributed by atoms with Crippen molar-refractivity contribution in [3.63, 3.8) is 0 Å². The van der Waals surface area contributed by atoms with E-state index in [-0.39, 0.29) is 21.1 Å². The Balaban J connectivity index is 2.68. The van der Waals surface area contributed by atoms with Crippen LogP contribution in [0.1, 0.15) is 19.8 Å². The zero-order valence-electron chi connectivity index (χ0n) is 10.8. The van der Waals surface area contributed by atoms with Crippen molar-refractivity contribution < 1.29 is 28.8 Å². The van der Waals surface area contributed by atoms with Crippen LogP contribution in [0.2, 0.25) is 0 Å². The van der Waals surface area contributed by atoms with Crippen molar-refractivity contribution in [3.8, 4) is 0 Å². The first-order chi connectivity index (χ1) is 8.87. The van der Waals surface area contributed by atoms with E-state index in [9.17, 15) is 19.8 Å². The molecule has 0 radical (unpaired) electrons. The third kappa shape index (κ3) is 6.39. The van der Waals surface area contributed by atoms with Gasteiger partial charge in [0.05, 0.1) is 18.3 Å². The van der Waals surface area contributed by atoms with E-state index in [1.165, 1.54) is 0 Å². The zero-order chi connectivity index (χ0) is 14.5. The summed E-state index contributed by atoms with van der Waals surface area (Å²) in [6.07, 6.45) is 3.90. The number of hydrogen-bond donors (Lipinski definition) is 4. The maximum absolute atomic E-state index is 10.2. The first-order valence-electron chi connectivity index (χ1n) is 6.12. The predicted octanol–water partition coefficient (Wildman–Crippen LogP) is 1.17. The number of rotatable bonds is 7. The molecular formula is C10H22O6P3+. The van der Waals surface area contributed by atoms with Gasteiger partial charge in [-0.25, -0.2) is 0 Å². The van der Waals surface area contributed by atoms with E-state index in [1.807, 2.05) is 6.92 Å². The number of aliphatic hydroxyl groups is 1. The lowest BCUT2D eigenvalue weighted by Crippen LogP contribution is -2.45. The predicted molar refractivity (Wildman–Crippen MR) is 79.8 cm³/mol. The molecule has 5 unspecified atom stereocenters. The molecule has 0 heterocycles. The van der Waals surface area contributed by atoms with Crippen LogP contribution in [0.4, 0.5) is 0 Å². The Labute approximate surface area is 117 Å². The highest BCUT2D eigenvalue weighted by molar-refractivity contribution is 7.58. The maximum Gasteiger partial charge on any atom is 0.404 e. The van der Waals surface area contributed by atoms with E-state index in [0.717, 1.165) is 6.16 Å². The van der Waals surface area contributed by atoms with Gasteiger partial charge in [-0.3, -0.25) is 0 Å². The van der Waals surface area contributed by atoms with Crippen molar-refractivity contribution in [2.45, 2.75) is 38.1 Å². The van der Waals surface area contributed by atoms with Gasteiger partial charge in [-0.15, -0.1) is 0 Å². The van der Waals surface area contributed by atoms with Gasteiger partial charge in [0, 0.05) is 29.6 Å². The van der Waals surface area contributed by atoms with Crippen molar-refractivity contribution >= 4 is 31.5 Å². The smallest absolute Gasteiger partial charge is 0.390 e. The normalized spacial score (nSPS) is 33.3. The summed E-state index contributed by atoms with van der Waals surface area (Å²) in [4.78, 5) is 27.5. The summed E-state index contributed by atoms with van der Waals surface area (Å²) in [5.74, 6) is -0.444. The molecule has 1 fully saturated rings. The molecule has 0 spiro atoms. The lowest BCUT2D eigenvalue weighted by Gasteiger charge is -2.37. The molecule has 19 heavy (non-hydrogen) atoms. The van der Waals surface area contributed by atoms with Crippen LogP contribution in [0.5, 0.6) is 0 Å². The molecule has 0 aromatic heterocycles. The molecule has 9 heteroatoms. The summed E-state index contributed by atoms with van der Waals surface area (Å²) in [5, 5.41) is 10.2. The topological polar surface area (TPSA) is 99.4 Å². The van der Waals surface area contributed by atoms with Crippen molar-refractivity contribution in [1.82, 2.24) is 0 Å². The quantitative estimate of drug-likeness (QED) is 0.523. The minimum Gasteiger partial charge on any atom is -0.390 e. The van der Waals surface area contributed by atoms with Crippen LogP contribution in [0.15, 0.2) is 0 Å². The summed E-state index contributed by atoms with van der Waals surface area (Å²) >= 11 is 0. The monoisotopic (exact) mass is 331 g/mol. The lowest BCUT2D eigenvalue weighted by atomic mass is 9.84. The maximum atomic E-state index is 10.2. The molecule has 4 N–H and O–H groups in total. The standard InChI is InChI=1S/C10H22O6P3/c1-3-18-16-9-5-8(15-17-2)4-7(10(9)11)6-19(12,13)14/h7-14,18H,2-6H2,1H3/q+1.